The van der Waals surface area contributed by atoms with Gasteiger partial charge < -0.3 is 18.9 Å². The number of nitrogens with zero attached hydrogens (tertiary/aromatic N) is 2. The summed E-state index contributed by atoms with van der Waals surface area (Å²) >= 11 is 0. The number of benzene rings is 1. The molecule has 1 aromatic heterocycles. The maximum absolute atomic E-state index is 10.6. The molecule has 0 saturated carbocycles. The van der Waals surface area contributed by atoms with Gasteiger partial charge in [-0.3, -0.25) is 4.57 Å². The van der Waals surface area contributed by atoms with E-state index in [-0.39, 0.29) is 6.61 Å². The molecule has 7 nitrogen and oxygen atoms in total. The highest BCUT2D eigenvalue weighted by atomic mass is 31.1. The first kappa shape index (κ1) is 15.4. The van der Waals surface area contributed by atoms with Crippen molar-refractivity contribution in [3.05, 3.63) is 41.7 Å². The fraction of sp³-hybridized carbons (Fsp3) is 0.231. The summed E-state index contributed by atoms with van der Waals surface area (Å²) in [7, 11) is -1.45. The Morgan fingerprint density at radius 1 is 1.19 bits per heavy atom. The van der Waals surface area contributed by atoms with Crippen LogP contribution in [0.25, 0.3) is 0 Å². The normalized spacial score (nSPS) is 12.0. The largest absolute Gasteiger partial charge is 0.481 e. The Labute approximate surface area is 122 Å². The van der Waals surface area contributed by atoms with Crippen molar-refractivity contribution in [2.75, 3.05) is 7.11 Å². The number of ether oxygens (including phenoxy) is 2. The number of hydrogen-bond donors (Lipinski definition) is 1. The van der Waals surface area contributed by atoms with Crippen molar-refractivity contribution in [1.82, 2.24) is 9.97 Å². The molecule has 0 aliphatic rings. The van der Waals surface area contributed by atoms with Gasteiger partial charge in [-0.05, 0) is 30.2 Å². The molecule has 0 aliphatic heterocycles. The van der Waals surface area contributed by atoms with Gasteiger partial charge in [0.15, 0.2) is 0 Å². The predicted octanol–water partition coefficient (Wildman–Crippen LogP) is 2.48. The van der Waals surface area contributed by atoms with Crippen LogP contribution in [-0.4, -0.2) is 22.0 Å². The molecule has 0 spiro atoms. The summed E-state index contributed by atoms with van der Waals surface area (Å²) < 4.78 is 26.0. The van der Waals surface area contributed by atoms with Crippen molar-refractivity contribution in [3.8, 4) is 17.5 Å². The molecule has 0 bridgehead atoms. The van der Waals surface area contributed by atoms with Crippen molar-refractivity contribution in [2.24, 2.45) is 0 Å². The number of aromatic nitrogens is 2. The monoisotopic (exact) mass is 310 g/mol. The molecule has 1 heterocycles. The lowest BCUT2D eigenvalue weighted by molar-refractivity contribution is 0.272. The summed E-state index contributed by atoms with van der Waals surface area (Å²) in [4.78, 5) is 16.6. The van der Waals surface area contributed by atoms with E-state index in [4.69, 9.17) is 18.9 Å². The molecule has 1 aromatic carbocycles. The second-order valence-electron chi connectivity index (χ2n) is 4.21. The lowest BCUT2D eigenvalue weighted by Crippen LogP contribution is -1.94. The van der Waals surface area contributed by atoms with Crippen LogP contribution < -0.4 is 9.47 Å². The van der Waals surface area contributed by atoms with Gasteiger partial charge in [-0.15, -0.1) is 0 Å². The second-order valence-corrected chi connectivity index (χ2v) is 5.03. The summed E-state index contributed by atoms with van der Waals surface area (Å²) in [6.45, 7) is 1.93. The van der Waals surface area contributed by atoms with Gasteiger partial charge in [0.2, 0.25) is 11.8 Å². The molecule has 112 valence electrons. The smallest absolute Gasteiger partial charge is 0.316 e. The molecule has 0 saturated heterocycles. The van der Waals surface area contributed by atoms with E-state index in [0.717, 1.165) is 11.1 Å². The van der Waals surface area contributed by atoms with E-state index in [0.29, 0.717) is 17.5 Å². The van der Waals surface area contributed by atoms with E-state index in [1.807, 2.05) is 19.1 Å². The van der Waals surface area contributed by atoms with Crippen molar-refractivity contribution < 1.29 is 23.5 Å². The Kier molecular flexibility index (Phi) is 5.27. The third-order valence-electron chi connectivity index (χ3n) is 2.52. The van der Waals surface area contributed by atoms with E-state index in [9.17, 15) is 4.57 Å². The van der Waals surface area contributed by atoms with Crippen LogP contribution in [0.2, 0.25) is 0 Å². The van der Waals surface area contributed by atoms with E-state index in [1.54, 1.807) is 12.1 Å². The zero-order valence-electron chi connectivity index (χ0n) is 11.6. The highest BCUT2D eigenvalue weighted by Crippen LogP contribution is 2.26. The fourth-order valence-corrected chi connectivity index (χ4v) is 2.01. The zero-order valence-corrected chi connectivity index (χ0v) is 12.6. The molecule has 1 N–H and O–H groups in total. The minimum Gasteiger partial charge on any atom is -0.481 e. The molecule has 21 heavy (non-hydrogen) atoms. The molecular weight excluding hydrogens is 295 g/mol. The molecular formula is C13H15N2O5P. The minimum atomic E-state index is -2.95. The average Bonchev–Trinajstić information content (AvgIpc) is 2.45. The fourth-order valence-electron chi connectivity index (χ4n) is 1.72. The molecule has 2 aromatic rings. The maximum Gasteiger partial charge on any atom is 0.316 e. The van der Waals surface area contributed by atoms with Crippen LogP contribution in [0.5, 0.6) is 17.5 Å². The first-order valence-electron chi connectivity index (χ1n) is 6.07. The Morgan fingerprint density at radius 2 is 1.95 bits per heavy atom. The summed E-state index contributed by atoms with van der Waals surface area (Å²) in [5.41, 5.74) is 1.67. The van der Waals surface area contributed by atoms with Crippen LogP contribution in [0.1, 0.15) is 11.1 Å². The van der Waals surface area contributed by atoms with Gasteiger partial charge in [0.05, 0.1) is 19.8 Å². The molecule has 0 fully saturated rings. The number of hydrogen-bond acceptors (Lipinski definition) is 6. The topological polar surface area (TPSA) is 90.8 Å². The third-order valence-corrected chi connectivity index (χ3v) is 2.91. The summed E-state index contributed by atoms with van der Waals surface area (Å²) in [5, 5.41) is 0. The van der Waals surface area contributed by atoms with Gasteiger partial charge >= 0.3 is 8.25 Å². The van der Waals surface area contributed by atoms with Crippen LogP contribution >= 0.6 is 8.25 Å². The minimum absolute atomic E-state index is 0.0411. The summed E-state index contributed by atoms with van der Waals surface area (Å²) in [6.07, 6.45) is 1.34. The number of rotatable bonds is 6. The van der Waals surface area contributed by atoms with E-state index in [1.165, 1.54) is 13.4 Å². The van der Waals surface area contributed by atoms with Crippen molar-refractivity contribution in [3.63, 3.8) is 0 Å². The van der Waals surface area contributed by atoms with Crippen LogP contribution in [-0.2, 0) is 15.7 Å². The molecule has 0 radical (unpaired) electrons. The number of aryl methyl sites for hydroxylation is 1. The second kappa shape index (κ2) is 7.17. The van der Waals surface area contributed by atoms with Crippen molar-refractivity contribution in [2.45, 2.75) is 13.5 Å². The zero-order chi connectivity index (χ0) is 15.2. The summed E-state index contributed by atoms with van der Waals surface area (Å²) in [5.74, 6) is 1.29. The quantitative estimate of drug-likeness (QED) is 0.819. The average molecular weight is 310 g/mol. The Balaban J connectivity index is 2.17. The van der Waals surface area contributed by atoms with Crippen LogP contribution in [0.15, 0.2) is 30.6 Å². The molecule has 0 aliphatic carbocycles. The van der Waals surface area contributed by atoms with Crippen LogP contribution in [0, 0.1) is 6.92 Å². The van der Waals surface area contributed by atoms with E-state index >= 15 is 0 Å². The van der Waals surface area contributed by atoms with Gasteiger partial charge in [0.25, 0.3) is 0 Å². The third kappa shape index (κ3) is 4.82. The van der Waals surface area contributed by atoms with Gasteiger partial charge in [0, 0.05) is 0 Å². The highest BCUT2D eigenvalue weighted by Gasteiger charge is 2.05. The van der Waals surface area contributed by atoms with Crippen molar-refractivity contribution >= 4 is 8.25 Å². The van der Waals surface area contributed by atoms with E-state index < -0.39 is 8.25 Å². The predicted molar refractivity (Wildman–Crippen MR) is 75.8 cm³/mol. The Morgan fingerprint density at radius 3 is 2.67 bits per heavy atom. The van der Waals surface area contributed by atoms with E-state index in [2.05, 4.69) is 9.97 Å². The first-order valence-corrected chi connectivity index (χ1v) is 7.33. The van der Waals surface area contributed by atoms with Crippen LogP contribution in [0.3, 0.4) is 0 Å². The molecule has 1 unspecified atom stereocenters. The molecule has 1 atom stereocenters. The Bertz CT molecular complexity index is 650. The maximum atomic E-state index is 10.6. The SMILES string of the molecule is COc1cc(Oc2cc(C)cc(CO[PH](=O)O)c2)ncn1. The lowest BCUT2D eigenvalue weighted by Gasteiger charge is -2.09. The Hall–Kier alpha value is -1.95. The lowest BCUT2D eigenvalue weighted by atomic mass is 10.1. The first-order chi connectivity index (χ1) is 10.1. The van der Waals surface area contributed by atoms with Crippen LogP contribution in [0.4, 0.5) is 0 Å². The van der Waals surface area contributed by atoms with Gasteiger partial charge in [-0.2, -0.15) is 0 Å². The number of methoxy groups -OCH3 is 1. The van der Waals surface area contributed by atoms with Gasteiger partial charge in [-0.25, -0.2) is 9.97 Å². The molecule has 8 heteroatoms. The standard InChI is InChI=1S/C13H15N2O5P/c1-9-3-10(7-19-21(16)17)5-11(4-9)20-13-6-12(18-2)14-8-15-13/h3-6,8,21H,7H2,1-2H3,(H,16,17). The highest BCUT2D eigenvalue weighted by molar-refractivity contribution is 7.32. The van der Waals surface area contributed by atoms with Gasteiger partial charge in [-0.1, -0.05) is 6.07 Å². The molecule has 0 amide bonds. The molecule has 2 rings (SSSR count). The van der Waals surface area contributed by atoms with Gasteiger partial charge in [0.1, 0.15) is 12.1 Å². The van der Waals surface area contributed by atoms with Crippen molar-refractivity contribution in [1.29, 1.82) is 0 Å². The summed E-state index contributed by atoms with van der Waals surface area (Å²) in [6, 6.07) is 6.94.